The highest BCUT2D eigenvalue weighted by atomic mass is 79.9. The molecule has 0 spiro atoms. The van der Waals surface area contributed by atoms with Crippen molar-refractivity contribution >= 4 is 37.8 Å². The van der Waals surface area contributed by atoms with Crippen LogP contribution in [0, 0.1) is 0 Å². The van der Waals surface area contributed by atoms with Gasteiger partial charge >= 0.3 is 0 Å². The fraction of sp³-hybridized carbons (Fsp3) is 0.353. The lowest BCUT2D eigenvalue weighted by atomic mass is 10.3. The average Bonchev–Trinajstić information content (AvgIpc) is 2.89. The molecule has 1 unspecified atom stereocenters. The quantitative estimate of drug-likeness (QED) is 0.586. The minimum atomic E-state index is -1.18. The Morgan fingerprint density at radius 3 is 2.72 bits per heavy atom. The predicted octanol–water partition coefficient (Wildman–Crippen LogP) is 3.71. The van der Waals surface area contributed by atoms with E-state index in [1.54, 1.807) is 18.5 Å². The van der Waals surface area contributed by atoms with Gasteiger partial charge < -0.3 is 9.30 Å². The van der Waals surface area contributed by atoms with E-state index in [1.165, 1.54) is 0 Å². The number of pyridine rings is 2. The second-order valence-corrected chi connectivity index (χ2v) is 8.33. The van der Waals surface area contributed by atoms with Gasteiger partial charge in [-0.3, -0.25) is 4.21 Å². The summed E-state index contributed by atoms with van der Waals surface area (Å²) in [4.78, 5) is 14.1. The molecule has 0 fully saturated rings. The molecule has 0 aliphatic heterocycles. The number of aromatic nitrogens is 4. The van der Waals surface area contributed by atoms with Crippen molar-refractivity contribution in [2.75, 3.05) is 5.75 Å². The van der Waals surface area contributed by atoms with Crippen molar-refractivity contribution in [3.63, 3.8) is 0 Å². The molecule has 0 saturated carbocycles. The van der Waals surface area contributed by atoms with Crippen molar-refractivity contribution in [3.05, 3.63) is 29.1 Å². The molecule has 3 aromatic heterocycles. The zero-order valence-corrected chi connectivity index (χ0v) is 16.9. The molecule has 1 atom stereocenters. The molecule has 3 heterocycles. The van der Waals surface area contributed by atoms with Gasteiger partial charge in [0, 0.05) is 18.9 Å². The van der Waals surface area contributed by atoms with Crippen LogP contribution < -0.4 is 4.74 Å². The van der Waals surface area contributed by atoms with Gasteiger partial charge in [0.2, 0.25) is 0 Å². The maximum Gasteiger partial charge on any atom is 0.160 e. The lowest BCUT2D eigenvalue weighted by Crippen LogP contribution is -2.08. The highest BCUT2D eigenvalue weighted by Gasteiger charge is 2.19. The second kappa shape index (κ2) is 7.21. The number of rotatable bonds is 5. The number of hydrogen-bond donors (Lipinski definition) is 0. The Morgan fingerprint density at radius 1 is 1.28 bits per heavy atom. The van der Waals surface area contributed by atoms with Gasteiger partial charge in [-0.15, -0.1) is 0 Å². The highest BCUT2D eigenvalue weighted by molar-refractivity contribution is 9.10. The van der Waals surface area contributed by atoms with Gasteiger partial charge in [-0.2, -0.15) is 0 Å². The van der Waals surface area contributed by atoms with Crippen LogP contribution in [0.4, 0.5) is 0 Å². The van der Waals surface area contributed by atoms with Gasteiger partial charge in [0.25, 0.3) is 0 Å². The van der Waals surface area contributed by atoms with E-state index in [1.807, 2.05) is 38.5 Å². The first-order valence-corrected chi connectivity index (χ1v) is 10.0. The Hall–Kier alpha value is -1.80. The van der Waals surface area contributed by atoms with Crippen LogP contribution in [0.25, 0.3) is 22.6 Å². The van der Waals surface area contributed by atoms with Crippen LogP contribution >= 0.6 is 15.9 Å². The van der Waals surface area contributed by atoms with Crippen molar-refractivity contribution in [1.29, 1.82) is 0 Å². The van der Waals surface area contributed by atoms with Gasteiger partial charge in [0.15, 0.2) is 5.82 Å². The topological polar surface area (TPSA) is 69.9 Å². The summed E-state index contributed by atoms with van der Waals surface area (Å²) in [5.41, 5.74) is 2.29. The summed E-state index contributed by atoms with van der Waals surface area (Å²) in [7, 11) is 0.719. The minimum Gasteiger partial charge on any atom is -0.489 e. The molecule has 8 heteroatoms. The van der Waals surface area contributed by atoms with E-state index in [0.29, 0.717) is 27.9 Å². The number of halogens is 1. The molecular formula is C17H19BrN4O2S. The number of aryl methyl sites for hydroxylation is 1. The first-order valence-electron chi connectivity index (χ1n) is 7.94. The summed E-state index contributed by atoms with van der Waals surface area (Å²) in [5, 5.41) is 0. The second-order valence-electron chi connectivity index (χ2n) is 5.81. The van der Waals surface area contributed by atoms with Crippen LogP contribution in [0.3, 0.4) is 0 Å². The van der Waals surface area contributed by atoms with Crippen molar-refractivity contribution in [1.82, 2.24) is 19.5 Å². The van der Waals surface area contributed by atoms with Crippen LogP contribution in [0.15, 0.2) is 34.0 Å². The standard InChI is InChI=1S/C17H19BrN4O2S/c1-5-25(23)14-6-11(24-10(2)3)8-20-16(14)17-21-12-7-15(18)19-9-13(12)22(17)4/h6-10H,5H2,1-4H3. The average molecular weight is 423 g/mol. The van der Waals surface area contributed by atoms with Crippen molar-refractivity contribution in [2.45, 2.75) is 31.8 Å². The lowest BCUT2D eigenvalue weighted by molar-refractivity contribution is 0.241. The van der Waals surface area contributed by atoms with E-state index >= 15 is 0 Å². The summed E-state index contributed by atoms with van der Waals surface area (Å²) in [6.07, 6.45) is 3.43. The molecule has 0 amide bonds. The minimum absolute atomic E-state index is 0.0229. The third-order valence-electron chi connectivity index (χ3n) is 3.65. The van der Waals surface area contributed by atoms with Gasteiger partial charge in [-0.1, -0.05) is 6.92 Å². The molecular weight excluding hydrogens is 404 g/mol. The zero-order valence-electron chi connectivity index (χ0n) is 14.5. The van der Waals surface area contributed by atoms with Gasteiger partial charge in [-0.05, 0) is 35.8 Å². The summed E-state index contributed by atoms with van der Waals surface area (Å²) < 4.78 is 20.9. The Bertz CT molecular complexity index is 955. The Morgan fingerprint density at radius 2 is 2.04 bits per heavy atom. The first kappa shape index (κ1) is 18.0. The molecule has 6 nitrogen and oxygen atoms in total. The molecule has 0 aliphatic rings. The molecule has 3 aromatic rings. The lowest BCUT2D eigenvalue weighted by Gasteiger charge is -2.13. The van der Waals surface area contributed by atoms with Crippen LogP contribution in [-0.2, 0) is 17.8 Å². The summed E-state index contributed by atoms with van der Waals surface area (Å²) >= 11 is 3.36. The highest BCUT2D eigenvalue weighted by Crippen LogP contribution is 2.30. The summed E-state index contributed by atoms with van der Waals surface area (Å²) in [6, 6.07) is 3.65. The maximum absolute atomic E-state index is 12.6. The zero-order chi connectivity index (χ0) is 18.1. The Kier molecular flexibility index (Phi) is 5.19. The Labute approximate surface area is 157 Å². The fourth-order valence-corrected chi connectivity index (χ4v) is 3.77. The molecule has 0 radical (unpaired) electrons. The molecule has 3 rings (SSSR count). The molecule has 0 aliphatic carbocycles. The number of nitrogens with zero attached hydrogens (tertiary/aromatic N) is 4. The summed E-state index contributed by atoms with van der Waals surface area (Å²) in [6.45, 7) is 5.77. The molecule has 25 heavy (non-hydrogen) atoms. The van der Waals surface area contributed by atoms with Crippen LogP contribution in [0.1, 0.15) is 20.8 Å². The van der Waals surface area contributed by atoms with E-state index in [0.717, 1.165) is 15.6 Å². The number of fused-ring (bicyclic) bond motifs is 1. The van der Waals surface area contributed by atoms with Gasteiger partial charge in [-0.25, -0.2) is 15.0 Å². The van der Waals surface area contributed by atoms with E-state index in [9.17, 15) is 4.21 Å². The molecule has 0 bridgehead atoms. The third kappa shape index (κ3) is 3.59. The van der Waals surface area contributed by atoms with Crippen LogP contribution in [0.5, 0.6) is 5.75 Å². The monoisotopic (exact) mass is 422 g/mol. The van der Waals surface area contributed by atoms with Crippen LogP contribution in [-0.4, -0.2) is 35.6 Å². The normalized spacial score (nSPS) is 12.7. The number of imidazole rings is 1. The van der Waals surface area contributed by atoms with E-state index in [2.05, 4.69) is 30.9 Å². The van der Waals surface area contributed by atoms with E-state index in [-0.39, 0.29) is 6.10 Å². The van der Waals surface area contributed by atoms with Crippen molar-refractivity contribution < 1.29 is 8.95 Å². The molecule has 0 saturated heterocycles. The first-order chi connectivity index (χ1) is 11.9. The van der Waals surface area contributed by atoms with Gasteiger partial charge in [0.1, 0.15) is 16.0 Å². The van der Waals surface area contributed by atoms with E-state index < -0.39 is 10.8 Å². The van der Waals surface area contributed by atoms with Crippen LogP contribution in [0.2, 0.25) is 0 Å². The number of ether oxygens (including phenoxy) is 1. The molecule has 0 N–H and O–H groups in total. The predicted molar refractivity (Wildman–Crippen MR) is 102 cm³/mol. The molecule has 0 aromatic carbocycles. The maximum atomic E-state index is 12.6. The smallest absolute Gasteiger partial charge is 0.160 e. The van der Waals surface area contributed by atoms with Crippen molar-refractivity contribution in [2.24, 2.45) is 7.05 Å². The Balaban J connectivity index is 2.19. The third-order valence-corrected chi connectivity index (χ3v) is 5.41. The largest absolute Gasteiger partial charge is 0.489 e. The van der Waals surface area contributed by atoms with Gasteiger partial charge in [0.05, 0.1) is 45.2 Å². The summed E-state index contributed by atoms with van der Waals surface area (Å²) in [5.74, 6) is 1.76. The van der Waals surface area contributed by atoms with E-state index in [4.69, 9.17) is 4.74 Å². The molecule has 132 valence electrons. The number of hydrogen-bond acceptors (Lipinski definition) is 5. The SMILES string of the molecule is CCS(=O)c1cc(OC(C)C)cnc1-c1nc2cc(Br)ncc2n1C. The fourth-order valence-electron chi connectivity index (χ4n) is 2.54. The van der Waals surface area contributed by atoms with Crippen molar-refractivity contribution in [3.8, 4) is 17.3 Å².